The van der Waals surface area contributed by atoms with Gasteiger partial charge in [-0.2, -0.15) is 0 Å². The number of benzene rings is 2. The van der Waals surface area contributed by atoms with Crippen LogP contribution in [0.4, 0.5) is 15.8 Å². The summed E-state index contributed by atoms with van der Waals surface area (Å²) in [6, 6.07) is 17.9. The minimum absolute atomic E-state index is 0.364. The second-order valence-corrected chi connectivity index (χ2v) is 6.86. The first-order chi connectivity index (χ1) is 13.7. The number of hydrogen-bond donors (Lipinski definition) is 2. The summed E-state index contributed by atoms with van der Waals surface area (Å²) in [4.78, 5) is 12.1. The fourth-order valence-corrected chi connectivity index (χ4v) is 3.50. The van der Waals surface area contributed by atoms with Crippen LogP contribution in [0.25, 0.3) is 33.2 Å². The molecule has 0 unspecified atom stereocenters. The second-order valence-electron chi connectivity index (χ2n) is 6.42. The van der Waals surface area contributed by atoms with E-state index in [2.05, 4.69) is 20.3 Å². The summed E-state index contributed by atoms with van der Waals surface area (Å²) in [6.45, 7) is 0. The first-order valence-corrected chi connectivity index (χ1v) is 9.11. The van der Waals surface area contributed by atoms with E-state index in [1.807, 2.05) is 48.7 Å². The van der Waals surface area contributed by atoms with Crippen molar-refractivity contribution in [2.75, 3.05) is 5.32 Å². The van der Waals surface area contributed by atoms with Gasteiger partial charge in [0.05, 0.1) is 22.6 Å². The van der Waals surface area contributed by atoms with Crippen LogP contribution >= 0.6 is 11.6 Å². The first-order valence-electron chi connectivity index (χ1n) is 8.73. The number of nitrogens with zero attached hydrogens (tertiary/aromatic N) is 2. The van der Waals surface area contributed by atoms with Gasteiger partial charge in [0.1, 0.15) is 11.5 Å². The predicted octanol–water partition coefficient (Wildman–Crippen LogP) is 6.31. The molecule has 0 atom stereocenters. The molecule has 136 valence electrons. The minimum Gasteiger partial charge on any atom is -0.354 e. The van der Waals surface area contributed by atoms with Gasteiger partial charge >= 0.3 is 0 Å². The molecule has 3 heterocycles. The molecular weight excluding hydrogens is 375 g/mol. The number of rotatable bonds is 3. The van der Waals surface area contributed by atoms with Crippen LogP contribution in [0.2, 0.25) is 5.02 Å². The molecule has 0 bridgehead atoms. The Hall–Kier alpha value is -3.44. The number of fused-ring (bicyclic) bond motifs is 2. The van der Waals surface area contributed by atoms with Gasteiger partial charge in [0.25, 0.3) is 0 Å². The molecule has 5 rings (SSSR count). The molecule has 0 aliphatic heterocycles. The summed E-state index contributed by atoms with van der Waals surface area (Å²) in [7, 11) is 0. The molecule has 3 aromatic heterocycles. The maximum Gasteiger partial charge on any atom is 0.139 e. The minimum atomic E-state index is -0.366. The number of hydrogen-bond acceptors (Lipinski definition) is 3. The normalized spacial score (nSPS) is 11.2. The van der Waals surface area contributed by atoms with Gasteiger partial charge < -0.3 is 10.3 Å². The fraction of sp³-hybridized carbons (Fsp3) is 0. The third-order valence-electron chi connectivity index (χ3n) is 4.65. The number of pyridine rings is 2. The van der Waals surface area contributed by atoms with Gasteiger partial charge in [0.15, 0.2) is 0 Å². The van der Waals surface area contributed by atoms with Crippen LogP contribution in [0.15, 0.2) is 73.1 Å². The molecule has 0 radical (unpaired) electrons. The van der Waals surface area contributed by atoms with Gasteiger partial charge in [-0.15, -0.1) is 0 Å². The number of nitrogens with one attached hydrogen (secondary N) is 2. The lowest BCUT2D eigenvalue weighted by Gasteiger charge is -2.13. The smallest absolute Gasteiger partial charge is 0.139 e. The molecule has 6 heteroatoms. The molecule has 28 heavy (non-hydrogen) atoms. The van der Waals surface area contributed by atoms with Crippen molar-refractivity contribution in [3.8, 4) is 11.3 Å². The number of aromatic nitrogens is 3. The van der Waals surface area contributed by atoms with Gasteiger partial charge in [-0.05, 0) is 42.5 Å². The van der Waals surface area contributed by atoms with E-state index in [9.17, 15) is 4.39 Å². The van der Waals surface area contributed by atoms with Crippen LogP contribution in [0.5, 0.6) is 0 Å². The Balaban J connectivity index is 1.71. The monoisotopic (exact) mass is 388 g/mol. The maximum absolute atomic E-state index is 14.4. The van der Waals surface area contributed by atoms with E-state index in [1.54, 1.807) is 12.3 Å². The highest BCUT2D eigenvalue weighted by Gasteiger charge is 2.13. The number of anilines is 2. The van der Waals surface area contributed by atoms with Crippen molar-refractivity contribution in [1.82, 2.24) is 15.0 Å². The quantitative estimate of drug-likeness (QED) is 0.380. The Morgan fingerprint density at radius 1 is 0.929 bits per heavy atom. The Morgan fingerprint density at radius 2 is 1.82 bits per heavy atom. The zero-order valence-corrected chi connectivity index (χ0v) is 15.3. The Morgan fingerprint density at radius 3 is 2.75 bits per heavy atom. The zero-order chi connectivity index (χ0) is 19.1. The van der Waals surface area contributed by atoms with E-state index < -0.39 is 0 Å². The van der Waals surface area contributed by atoms with Crippen molar-refractivity contribution in [3.63, 3.8) is 0 Å². The third-order valence-corrected chi connectivity index (χ3v) is 4.89. The molecule has 0 fully saturated rings. The molecule has 0 aliphatic carbocycles. The van der Waals surface area contributed by atoms with E-state index in [4.69, 9.17) is 11.6 Å². The zero-order valence-electron chi connectivity index (χ0n) is 14.6. The SMILES string of the molecule is Fc1ccc(Cl)cc1-c1cc(Nc2ccnc3[nH]ccc23)c2ccccc2n1. The van der Waals surface area contributed by atoms with E-state index >= 15 is 0 Å². The lowest BCUT2D eigenvalue weighted by atomic mass is 10.1. The lowest BCUT2D eigenvalue weighted by Crippen LogP contribution is -1.97. The highest BCUT2D eigenvalue weighted by molar-refractivity contribution is 6.30. The summed E-state index contributed by atoms with van der Waals surface area (Å²) in [5.41, 5.74) is 4.17. The molecule has 0 saturated carbocycles. The molecule has 2 N–H and O–H groups in total. The summed E-state index contributed by atoms with van der Waals surface area (Å²) < 4.78 is 14.4. The summed E-state index contributed by atoms with van der Waals surface area (Å²) >= 11 is 6.09. The van der Waals surface area contributed by atoms with Crippen LogP contribution in [0.3, 0.4) is 0 Å². The van der Waals surface area contributed by atoms with Gasteiger partial charge in [0, 0.05) is 33.8 Å². The highest BCUT2D eigenvalue weighted by Crippen LogP contribution is 2.34. The van der Waals surface area contributed by atoms with E-state index in [0.717, 1.165) is 33.3 Å². The molecule has 4 nitrogen and oxygen atoms in total. The van der Waals surface area contributed by atoms with Gasteiger partial charge in [-0.3, -0.25) is 0 Å². The molecule has 2 aromatic carbocycles. The van der Waals surface area contributed by atoms with Crippen molar-refractivity contribution in [2.45, 2.75) is 0 Å². The lowest BCUT2D eigenvalue weighted by molar-refractivity contribution is 0.631. The molecule has 5 aromatic rings. The van der Waals surface area contributed by atoms with Crippen molar-refractivity contribution in [2.24, 2.45) is 0 Å². The number of para-hydroxylation sites is 1. The van der Waals surface area contributed by atoms with Crippen LogP contribution in [-0.4, -0.2) is 15.0 Å². The number of halogens is 2. The van der Waals surface area contributed by atoms with Crippen LogP contribution in [0.1, 0.15) is 0 Å². The number of aromatic amines is 1. The average molecular weight is 389 g/mol. The van der Waals surface area contributed by atoms with Crippen LogP contribution in [0, 0.1) is 5.82 Å². The van der Waals surface area contributed by atoms with Crippen molar-refractivity contribution in [1.29, 1.82) is 0 Å². The summed E-state index contributed by atoms with van der Waals surface area (Å²) in [5, 5.41) is 5.84. The summed E-state index contributed by atoms with van der Waals surface area (Å²) in [5.74, 6) is -0.366. The molecule has 0 amide bonds. The van der Waals surface area contributed by atoms with Crippen LogP contribution < -0.4 is 5.32 Å². The van der Waals surface area contributed by atoms with Gasteiger partial charge in [-0.25, -0.2) is 14.4 Å². The van der Waals surface area contributed by atoms with Gasteiger partial charge in [0.2, 0.25) is 0 Å². The largest absolute Gasteiger partial charge is 0.354 e. The van der Waals surface area contributed by atoms with Crippen molar-refractivity contribution >= 4 is 44.9 Å². The van der Waals surface area contributed by atoms with Crippen LogP contribution in [-0.2, 0) is 0 Å². The fourth-order valence-electron chi connectivity index (χ4n) is 3.33. The van der Waals surface area contributed by atoms with Gasteiger partial charge in [-0.1, -0.05) is 29.8 Å². The predicted molar refractivity (Wildman–Crippen MR) is 112 cm³/mol. The standard InChI is InChI=1S/C22H14ClFN4/c23-13-5-6-17(24)16(11-13)21-12-20(14-3-1-2-4-18(14)27-21)28-19-8-10-26-22-15(19)7-9-25-22/h1-12H,(H2,25,26,27,28). The summed E-state index contributed by atoms with van der Waals surface area (Å²) in [6.07, 6.45) is 3.59. The highest BCUT2D eigenvalue weighted by atomic mass is 35.5. The molecule has 0 spiro atoms. The average Bonchev–Trinajstić information content (AvgIpc) is 3.19. The number of H-pyrrole nitrogens is 1. The Bertz CT molecular complexity index is 1330. The van der Waals surface area contributed by atoms with Crippen molar-refractivity contribution < 1.29 is 4.39 Å². The molecular formula is C22H14ClFN4. The second kappa shape index (κ2) is 6.62. The van der Waals surface area contributed by atoms with E-state index in [1.165, 1.54) is 12.1 Å². The maximum atomic E-state index is 14.4. The van der Waals surface area contributed by atoms with E-state index in [0.29, 0.717) is 16.3 Å². The van der Waals surface area contributed by atoms with E-state index in [-0.39, 0.29) is 5.82 Å². The molecule has 0 saturated heterocycles. The third kappa shape index (κ3) is 2.86. The topological polar surface area (TPSA) is 53.6 Å². The van der Waals surface area contributed by atoms with Crippen molar-refractivity contribution in [3.05, 3.63) is 83.9 Å². The Labute approximate surface area is 165 Å². The molecule has 0 aliphatic rings. The first kappa shape index (κ1) is 16.7. The Kier molecular flexibility index (Phi) is 3.95.